The van der Waals surface area contributed by atoms with Gasteiger partial charge in [-0.15, -0.1) is 0 Å². The molecular weight excluding hydrogens is 244 g/mol. The number of benzene rings is 1. The Labute approximate surface area is 89.6 Å². The lowest BCUT2D eigenvalue weighted by atomic mass is 10.1. The molecule has 0 saturated carbocycles. The lowest BCUT2D eigenvalue weighted by Crippen LogP contribution is -1.95. The highest BCUT2D eigenvalue weighted by molar-refractivity contribution is 9.10. The summed E-state index contributed by atoms with van der Waals surface area (Å²) in [5.41, 5.74) is 1.93. The van der Waals surface area contributed by atoms with Crippen molar-refractivity contribution in [3.05, 3.63) is 28.4 Å². The number of aromatic amines is 1. The third-order valence-electron chi connectivity index (χ3n) is 2.03. The summed E-state index contributed by atoms with van der Waals surface area (Å²) in [6, 6.07) is 5.82. The van der Waals surface area contributed by atoms with E-state index in [1.54, 1.807) is 6.92 Å². The van der Waals surface area contributed by atoms with Crippen LogP contribution in [0.3, 0.4) is 0 Å². The van der Waals surface area contributed by atoms with E-state index in [2.05, 4.69) is 26.1 Å². The van der Waals surface area contributed by atoms with Gasteiger partial charge in [-0.2, -0.15) is 5.10 Å². The Morgan fingerprint density at radius 2 is 2.36 bits per heavy atom. The number of nitrogens with one attached hydrogen (secondary N) is 1. The molecule has 0 aliphatic rings. The predicted octanol–water partition coefficient (Wildman–Crippen LogP) is 2.46. The van der Waals surface area contributed by atoms with Crippen LogP contribution < -0.4 is 0 Å². The molecule has 1 heterocycles. The molecular formula is C10H9BrN2O. The number of carbonyl (C=O) groups is 1. The van der Waals surface area contributed by atoms with E-state index in [4.69, 9.17) is 0 Å². The molecule has 2 aromatic rings. The van der Waals surface area contributed by atoms with Crippen molar-refractivity contribution in [1.29, 1.82) is 0 Å². The summed E-state index contributed by atoms with van der Waals surface area (Å²) >= 11 is 3.36. The average molecular weight is 253 g/mol. The van der Waals surface area contributed by atoms with Crippen LogP contribution in [-0.2, 0) is 11.2 Å². The van der Waals surface area contributed by atoms with E-state index in [9.17, 15) is 4.79 Å². The molecule has 0 atom stereocenters. The Balaban J connectivity index is 2.49. The van der Waals surface area contributed by atoms with E-state index in [1.807, 2.05) is 18.2 Å². The summed E-state index contributed by atoms with van der Waals surface area (Å²) in [4.78, 5) is 10.9. The maximum absolute atomic E-state index is 10.9. The largest absolute Gasteiger partial charge is 0.300 e. The zero-order chi connectivity index (χ0) is 10.1. The lowest BCUT2D eigenvalue weighted by molar-refractivity contribution is -0.116. The maximum Gasteiger partial charge on any atom is 0.134 e. The van der Waals surface area contributed by atoms with E-state index in [-0.39, 0.29) is 5.78 Å². The van der Waals surface area contributed by atoms with Gasteiger partial charge in [-0.3, -0.25) is 9.89 Å². The van der Waals surface area contributed by atoms with Gasteiger partial charge in [0.15, 0.2) is 0 Å². The van der Waals surface area contributed by atoms with Crippen molar-refractivity contribution in [2.45, 2.75) is 13.3 Å². The predicted molar refractivity (Wildman–Crippen MR) is 58.2 cm³/mol. The van der Waals surface area contributed by atoms with Crippen LogP contribution in [0.5, 0.6) is 0 Å². The van der Waals surface area contributed by atoms with Crippen molar-refractivity contribution in [2.24, 2.45) is 0 Å². The Bertz CT molecular complexity index is 490. The zero-order valence-corrected chi connectivity index (χ0v) is 9.26. The lowest BCUT2D eigenvalue weighted by Gasteiger charge is -1.97. The second-order valence-corrected chi connectivity index (χ2v) is 4.06. The van der Waals surface area contributed by atoms with Gasteiger partial charge >= 0.3 is 0 Å². The molecule has 72 valence electrons. The van der Waals surface area contributed by atoms with Gasteiger partial charge in [0.2, 0.25) is 0 Å². The van der Waals surface area contributed by atoms with Crippen molar-refractivity contribution in [3.63, 3.8) is 0 Å². The quantitative estimate of drug-likeness (QED) is 0.893. The molecule has 0 saturated heterocycles. The minimum atomic E-state index is 0.170. The molecule has 4 heteroatoms. The molecule has 2 rings (SSSR count). The highest BCUT2D eigenvalue weighted by Crippen LogP contribution is 2.22. The fourth-order valence-electron chi connectivity index (χ4n) is 1.42. The summed E-state index contributed by atoms with van der Waals surface area (Å²) in [5.74, 6) is 0.170. The second-order valence-electron chi connectivity index (χ2n) is 3.27. The average Bonchev–Trinajstić information content (AvgIpc) is 2.47. The van der Waals surface area contributed by atoms with Gasteiger partial charge in [0.1, 0.15) is 10.4 Å². The number of carbonyl (C=O) groups excluding carboxylic acids is 1. The molecule has 14 heavy (non-hydrogen) atoms. The minimum absolute atomic E-state index is 0.170. The smallest absolute Gasteiger partial charge is 0.134 e. The summed E-state index contributed by atoms with van der Waals surface area (Å²) in [5, 5.41) is 7.94. The monoisotopic (exact) mass is 252 g/mol. The summed E-state index contributed by atoms with van der Waals surface area (Å²) in [6.45, 7) is 1.59. The van der Waals surface area contributed by atoms with E-state index >= 15 is 0 Å². The molecule has 1 N–H and O–H groups in total. The first-order valence-corrected chi connectivity index (χ1v) is 5.08. The molecule has 0 radical (unpaired) electrons. The van der Waals surface area contributed by atoms with Gasteiger partial charge in [0, 0.05) is 11.8 Å². The molecule has 0 fully saturated rings. The number of fused-ring (bicyclic) bond motifs is 1. The number of nitrogens with zero attached hydrogens (tertiary/aromatic N) is 1. The second kappa shape index (κ2) is 3.53. The number of H-pyrrole nitrogens is 1. The fraction of sp³-hybridized carbons (Fsp3) is 0.200. The zero-order valence-electron chi connectivity index (χ0n) is 7.67. The van der Waals surface area contributed by atoms with Crippen LogP contribution in [0.15, 0.2) is 22.8 Å². The number of aromatic nitrogens is 2. The number of hydrogen-bond donors (Lipinski definition) is 1. The molecule has 0 unspecified atom stereocenters. The number of ketones is 1. The maximum atomic E-state index is 10.9. The SMILES string of the molecule is CC(=O)Cc1ccc2n[nH]c(Br)c2c1. The number of hydrogen-bond acceptors (Lipinski definition) is 2. The molecule has 0 aliphatic heterocycles. The van der Waals surface area contributed by atoms with Crippen LogP contribution in [-0.4, -0.2) is 16.0 Å². The van der Waals surface area contributed by atoms with Gasteiger partial charge < -0.3 is 0 Å². The molecule has 0 amide bonds. The van der Waals surface area contributed by atoms with Crippen LogP contribution in [0, 0.1) is 0 Å². The number of halogens is 1. The first-order chi connectivity index (χ1) is 6.66. The van der Waals surface area contributed by atoms with E-state index in [0.29, 0.717) is 6.42 Å². The van der Waals surface area contributed by atoms with Crippen LogP contribution in [0.1, 0.15) is 12.5 Å². The topological polar surface area (TPSA) is 45.8 Å². The third kappa shape index (κ3) is 1.70. The van der Waals surface area contributed by atoms with Gasteiger partial charge in [0.05, 0.1) is 5.52 Å². The fourth-order valence-corrected chi connectivity index (χ4v) is 1.83. The Morgan fingerprint density at radius 3 is 3.07 bits per heavy atom. The molecule has 1 aromatic carbocycles. The normalized spacial score (nSPS) is 10.7. The number of rotatable bonds is 2. The standard InChI is InChI=1S/C10H9BrN2O/c1-6(14)4-7-2-3-9-8(5-7)10(11)13-12-9/h2-3,5H,4H2,1H3,(H,12,13). The van der Waals surface area contributed by atoms with Gasteiger partial charge in [0.25, 0.3) is 0 Å². The Hall–Kier alpha value is -1.16. The van der Waals surface area contributed by atoms with Gasteiger partial charge in [-0.1, -0.05) is 6.07 Å². The highest BCUT2D eigenvalue weighted by Gasteiger charge is 2.04. The number of Topliss-reactive ketones (excluding diaryl/α,β-unsaturated/α-hetero) is 1. The van der Waals surface area contributed by atoms with Crippen LogP contribution in [0.4, 0.5) is 0 Å². The van der Waals surface area contributed by atoms with Crippen molar-refractivity contribution in [1.82, 2.24) is 10.2 Å². The summed E-state index contributed by atoms with van der Waals surface area (Å²) in [6.07, 6.45) is 0.480. The molecule has 0 bridgehead atoms. The van der Waals surface area contributed by atoms with Crippen molar-refractivity contribution in [2.75, 3.05) is 0 Å². The van der Waals surface area contributed by atoms with Gasteiger partial charge in [-0.05, 0) is 40.5 Å². The first kappa shape index (κ1) is 9.40. The highest BCUT2D eigenvalue weighted by atomic mass is 79.9. The van der Waals surface area contributed by atoms with Crippen LogP contribution in [0.2, 0.25) is 0 Å². The van der Waals surface area contributed by atoms with E-state index < -0.39 is 0 Å². The molecule has 0 aliphatic carbocycles. The Kier molecular flexibility index (Phi) is 2.37. The Morgan fingerprint density at radius 1 is 1.57 bits per heavy atom. The summed E-state index contributed by atoms with van der Waals surface area (Å²) < 4.78 is 0.859. The van der Waals surface area contributed by atoms with Crippen molar-refractivity contribution < 1.29 is 4.79 Å². The van der Waals surface area contributed by atoms with Crippen LogP contribution >= 0.6 is 15.9 Å². The molecule has 0 spiro atoms. The third-order valence-corrected chi connectivity index (χ3v) is 2.63. The van der Waals surface area contributed by atoms with Crippen LogP contribution in [0.25, 0.3) is 10.9 Å². The van der Waals surface area contributed by atoms with Crippen molar-refractivity contribution in [3.8, 4) is 0 Å². The summed E-state index contributed by atoms with van der Waals surface area (Å²) in [7, 11) is 0. The van der Waals surface area contributed by atoms with Gasteiger partial charge in [-0.25, -0.2) is 0 Å². The van der Waals surface area contributed by atoms with Crippen molar-refractivity contribution >= 4 is 32.6 Å². The van der Waals surface area contributed by atoms with E-state index in [1.165, 1.54) is 0 Å². The van der Waals surface area contributed by atoms with E-state index in [0.717, 1.165) is 21.1 Å². The first-order valence-electron chi connectivity index (χ1n) is 4.29. The molecule has 1 aromatic heterocycles. The minimum Gasteiger partial charge on any atom is -0.300 e. The molecule has 3 nitrogen and oxygen atoms in total.